The maximum atomic E-state index is 14.4. The molecule has 4 atom stereocenters. The van der Waals surface area contributed by atoms with Crippen LogP contribution in [0.3, 0.4) is 0 Å². The van der Waals surface area contributed by atoms with Gasteiger partial charge in [-0.3, -0.25) is 9.59 Å². The third-order valence-corrected chi connectivity index (χ3v) is 16.1. The molecule has 0 aromatic heterocycles. The molecule has 2 aliphatic rings. The standard InChI is InChI=1S/C23H23F2O2P.C22H34F2N2O5/c24-23(25,18-22(26)27)16-17-28(19-10-4-1-5-11-19,20-12-6-2-7-13-20)21-14-8-3-9-15-21;1-2-3-5-9-19(27)26-14-20(28)25-13-16-15(17-10-11-18(16)31-17)8-6-4-7-12-22(23,24)21(29)30/h1-15,28H,16-18H2,(H,26,27);4,6,15-18H,2-3,5,7-14H2,1H3,(H,25,28)(H,26,27)(H,29,30)/b;6-4-/t;15-,16+,17-,18+/m.1/s1. The molecule has 322 valence electrons. The Morgan fingerprint density at radius 1 is 0.746 bits per heavy atom. The number of carbonyl (C=O) groups excluding carboxylic acids is 2. The minimum absolute atomic E-state index is 0.0136. The number of unbranched alkanes of at least 4 members (excludes halogenated alkanes) is 2. The number of hydrogen-bond donors (Lipinski definition) is 4. The zero-order valence-electron chi connectivity index (χ0n) is 33.5. The van der Waals surface area contributed by atoms with Crippen molar-refractivity contribution in [2.75, 3.05) is 19.3 Å². The number of carboxylic acid groups (broad SMARTS) is 2. The van der Waals surface area contributed by atoms with Crippen LogP contribution in [0, 0.1) is 11.8 Å². The first-order valence-corrected chi connectivity index (χ1v) is 22.6. The Balaban J connectivity index is 0.000000262. The van der Waals surface area contributed by atoms with E-state index < -0.39 is 50.3 Å². The number of ether oxygens (including phenoxy) is 1. The summed E-state index contributed by atoms with van der Waals surface area (Å²) in [6, 6.07) is 29.3. The molecule has 2 fully saturated rings. The predicted molar refractivity (Wildman–Crippen MR) is 224 cm³/mol. The Kier molecular flexibility index (Phi) is 18.1. The first kappa shape index (κ1) is 47.1. The van der Waals surface area contributed by atoms with Crippen LogP contribution in [-0.4, -0.2) is 77.3 Å². The van der Waals surface area contributed by atoms with Gasteiger partial charge in [0.1, 0.15) is 0 Å². The van der Waals surface area contributed by atoms with E-state index in [2.05, 4.69) is 17.6 Å². The van der Waals surface area contributed by atoms with Crippen LogP contribution in [0.1, 0.15) is 77.6 Å². The van der Waals surface area contributed by atoms with E-state index in [1.54, 1.807) is 12.2 Å². The molecule has 2 saturated heterocycles. The molecule has 0 unspecified atom stereocenters. The van der Waals surface area contributed by atoms with Crippen LogP contribution in [0.2, 0.25) is 0 Å². The molecule has 0 radical (unpaired) electrons. The number of alkyl halides is 4. The summed E-state index contributed by atoms with van der Waals surface area (Å²) in [5.74, 6) is -10.6. The van der Waals surface area contributed by atoms with E-state index in [9.17, 15) is 36.7 Å². The predicted octanol–water partition coefficient (Wildman–Crippen LogP) is 7.25. The summed E-state index contributed by atoms with van der Waals surface area (Å²) in [4.78, 5) is 45.1. The number of hydrogen-bond acceptors (Lipinski definition) is 5. The van der Waals surface area contributed by atoms with Crippen molar-refractivity contribution in [1.82, 2.24) is 10.6 Å². The van der Waals surface area contributed by atoms with Crippen LogP contribution in [0.15, 0.2) is 103 Å². The summed E-state index contributed by atoms with van der Waals surface area (Å²) >= 11 is 0. The fourth-order valence-electron chi connectivity index (χ4n) is 8.10. The number of allylic oxidation sites excluding steroid dienone is 2. The zero-order valence-corrected chi connectivity index (χ0v) is 34.5. The van der Waals surface area contributed by atoms with Crippen LogP contribution < -0.4 is 26.5 Å². The van der Waals surface area contributed by atoms with Gasteiger partial charge in [-0.2, -0.15) is 8.78 Å². The molecule has 4 N–H and O–H groups in total. The van der Waals surface area contributed by atoms with Gasteiger partial charge in [0.05, 0.1) is 18.8 Å². The second kappa shape index (κ2) is 22.7. The Bertz CT molecular complexity index is 1720. The second-order valence-electron chi connectivity index (χ2n) is 15.3. The van der Waals surface area contributed by atoms with Gasteiger partial charge in [0.2, 0.25) is 11.8 Å². The summed E-state index contributed by atoms with van der Waals surface area (Å²) in [5.41, 5.74) is 0. The normalized spacial score (nSPS) is 19.1. The Morgan fingerprint density at radius 2 is 1.29 bits per heavy atom. The van der Waals surface area contributed by atoms with E-state index in [1.165, 1.54) is 0 Å². The van der Waals surface area contributed by atoms with E-state index in [0.717, 1.165) is 48.0 Å². The number of aliphatic carboxylic acids is 2. The average Bonchev–Trinajstić information content (AvgIpc) is 3.83. The first-order chi connectivity index (χ1) is 28.2. The molecule has 3 aromatic carbocycles. The molecule has 2 aliphatic heterocycles. The van der Waals surface area contributed by atoms with Gasteiger partial charge < -0.3 is 20.5 Å². The Morgan fingerprint density at radius 3 is 1.80 bits per heavy atom. The van der Waals surface area contributed by atoms with Crippen molar-refractivity contribution in [2.45, 2.75) is 102 Å². The molecule has 0 aliphatic carbocycles. The molecular weight excluding hydrogens is 787 g/mol. The third-order valence-electron chi connectivity index (χ3n) is 11.2. The van der Waals surface area contributed by atoms with E-state index in [4.69, 9.17) is 14.9 Å². The van der Waals surface area contributed by atoms with Crippen molar-refractivity contribution < 1.29 is 51.7 Å². The molecule has 9 nitrogen and oxygen atoms in total. The van der Waals surface area contributed by atoms with Gasteiger partial charge in [-0.25, -0.2) is 4.79 Å². The molecule has 0 spiro atoms. The molecule has 2 amide bonds. The molecule has 3 aromatic rings. The van der Waals surface area contributed by atoms with Crippen LogP contribution >= 0.6 is 7.26 Å². The van der Waals surface area contributed by atoms with Gasteiger partial charge in [-0.15, -0.1) is 0 Å². The van der Waals surface area contributed by atoms with Gasteiger partial charge >= 0.3 is 176 Å². The molecule has 59 heavy (non-hydrogen) atoms. The summed E-state index contributed by atoms with van der Waals surface area (Å²) in [7, 11) is -2.76. The molecule has 14 heteroatoms. The van der Waals surface area contributed by atoms with Crippen molar-refractivity contribution in [1.29, 1.82) is 0 Å². The number of benzene rings is 3. The fraction of sp³-hybridized carbons (Fsp3) is 0.467. The van der Waals surface area contributed by atoms with Gasteiger partial charge in [0, 0.05) is 25.3 Å². The minimum atomic E-state index is -3.71. The van der Waals surface area contributed by atoms with Crippen LogP contribution in [0.5, 0.6) is 0 Å². The van der Waals surface area contributed by atoms with Crippen molar-refractivity contribution >= 4 is 46.9 Å². The van der Waals surface area contributed by atoms with E-state index in [-0.39, 0.29) is 55.0 Å². The molecule has 2 heterocycles. The van der Waals surface area contributed by atoms with Crippen LogP contribution in [0.4, 0.5) is 17.6 Å². The number of fused-ring (bicyclic) bond motifs is 2. The molecule has 0 saturated carbocycles. The van der Waals surface area contributed by atoms with E-state index >= 15 is 0 Å². The maximum absolute atomic E-state index is 14.4. The zero-order chi connectivity index (χ0) is 42.9. The number of halogens is 4. The van der Waals surface area contributed by atoms with E-state index in [0.29, 0.717) is 19.4 Å². The number of carboxylic acids is 2. The van der Waals surface area contributed by atoms with E-state index in [1.807, 2.05) is 91.0 Å². The number of amides is 2. The average molecular weight is 845 g/mol. The Labute approximate surface area is 344 Å². The number of nitrogens with one attached hydrogen (secondary N) is 2. The summed E-state index contributed by atoms with van der Waals surface area (Å²) in [5, 5.41) is 25.9. The van der Waals surface area contributed by atoms with Crippen molar-refractivity contribution in [3.8, 4) is 0 Å². The van der Waals surface area contributed by atoms with Gasteiger partial charge in [0.25, 0.3) is 0 Å². The molecule has 2 bridgehead atoms. The molecular formula is C45H57F4N2O7P. The summed E-state index contributed by atoms with van der Waals surface area (Å²) in [6.45, 7) is 2.46. The van der Waals surface area contributed by atoms with Gasteiger partial charge in [0.15, 0.2) is 0 Å². The van der Waals surface area contributed by atoms with Crippen LogP contribution in [0.25, 0.3) is 0 Å². The Hall–Kier alpha value is -4.61. The first-order valence-electron chi connectivity index (χ1n) is 20.4. The quantitative estimate of drug-likeness (QED) is 0.0362. The SMILES string of the molecule is CCCCCC(=O)NCC(=O)NC[C@H]1[C@@H](C/C=C\CCC(F)(F)C(=O)O)[C@H]2CC[C@@H]1O2.O=C(O)CC(F)(F)CC[PH](c1ccccc1)(c1ccccc1)c1ccccc1. The summed E-state index contributed by atoms with van der Waals surface area (Å²) < 4.78 is 61.0. The fourth-order valence-corrected chi connectivity index (χ4v) is 13.0. The van der Waals surface area contributed by atoms with Gasteiger partial charge in [-0.1, -0.05) is 31.9 Å². The third kappa shape index (κ3) is 14.0. The second-order valence-corrected chi connectivity index (χ2v) is 19.4. The van der Waals surface area contributed by atoms with Crippen molar-refractivity contribution in [2.24, 2.45) is 11.8 Å². The number of carbonyl (C=O) groups is 4. The number of rotatable bonds is 22. The van der Waals surface area contributed by atoms with Gasteiger partial charge in [-0.05, 0) is 38.0 Å². The van der Waals surface area contributed by atoms with Crippen molar-refractivity contribution in [3.63, 3.8) is 0 Å². The summed E-state index contributed by atoms with van der Waals surface area (Å²) in [6.07, 6.45) is 7.21. The molecule has 5 rings (SSSR count). The van der Waals surface area contributed by atoms with Crippen molar-refractivity contribution in [3.05, 3.63) is 103 Å². The topological polar surface area (TPSA) is 142 Å². The van der Waals surface area contributed by atoms with Crippen LogP contribution in [-0.2, 0) is 23.9 Å². The monoisotopic (exact) mass is 844 g/mol.